The highest BCUT2D eigenvalue weighted by Gasteiger charge is 2.38. The first-order chi connectivity index (χ1) is 10.1. The number of amides is 1. The number of aliphatic hydroxyl groups excluding tert-OH is 1. The molecule has 0 aliphatic heterocycles. The molecule has 0 radical (unpaired) electrons. The van der Waals surface area contributed by atoms with Crippen molar-refractivity contribution in [1.29, 1.82) is 5.41 Å². The largest absolute Gasteiger partial charge is 0.471 e. The van der Waals surface area contributed by atoms with E-state index in [0.29, 0.717) is 0 Å². The number of aliphatic hydroxyl groups is 1. The Hall–Kier alpha value is -2.49. The highest BCUT2D eigenvalue weighted by Crippen LogP contribution is 2.27. The summed E-state index contributed by atoms with van der Waals surface area (Å²) < 4.78 is 40.8. The fourth-order valence-corrected chi connectivity index (χ4v) is 1.14. The van der Waals surface area contributed by atoms with E-state index in [-0.39, 0.29) is 12.2 Å². The molecule has 0 aliphatic carbocycles. The molecule has 7 nitrogen and oxygen atoms in total. The van der Waals surface area contributed by atoms with Crippen LogP contribution in [-0.2, 0) is 11.0 Å². The van der Waals surface area contributed by atoms with Gasteiger partial charge in [0.05, 0.1) is 6.61 Å². The molecule has 0 saturated heterocycles. The summed E-state index contributed by atoms with van der Waals surface area (Å²) in [6.07, 6.45) is -2.67. The second kappa shape index (κ2) is 6.98. The van der Waals surface area contributed by atoms with E-state index < -0.39 is 35.6 Å². The van der Waals surface area contributed by atoms with Gasteiger partial charge < -0.3 is 14.9 Å². The lowest BCUT2D eigenvalue weighted by atomic mass is 10.2. The smallest absolute Gasteiger partial charge is 0.394 e. The standard InChI is InChI=1S/C12H13F3N4O3/c1-6(10(21)17-7(2)5-20)3-4-8(16)9-18-11(22-19-9)12(13,14)15/h3-4,7,16,20H,1,5H2,2H3,(H,17,21)/b4-3-,16-8?. The summed E-state index contributed by atoms with van der Waals surface area (Å²) in [5.74, 6) is -2.72. The summed E-state index contributed by atoms with van der Waals surface area (Å²) >= 11 is 0. The van der Waals surface area contributed by atoms with Gasteiger partial charge in [-0.1, -0.05) is 11.7 Å². The molecule has 0 aromatic carbocycles. The van der Waals surface area contributed by atoms with E-state index >= 15 is 0 Å². The van der Waals surface area contributed by atoms with E-state index in [4.69, 9.17) is 10.5 Å². The van der Waals surface area contributed by atoms with Crippen molar-refractivity contribution >= 4 is 11.6 Å². The number of allylic oxidation sites excluding steroid dienone is 1. The zero-order valence-electron chi connectivity index (χ0n) is 11.4. The Kier molecular flexibility index (Phi) is 5.57. The molecule has 0 saturated carbocycles. The van der Waals surface area contributed by atoms with Crippen molar-refractivity contribution in [2.75, 3.05) is 6.61 Å². The predicted octanol–water partition coefficient (Wildman–Crippen LogP) is 1.07. The number of halogens is 3. The zero-order chi connectivity index (χ0) is 16.9. The normalized spacial score (nSPS) is 13.1. The second-order valence-corrected chi connectivity index (χ2v) is 4.25. The lowest BCUT2D eigenvalue weighted by molar-refractivity contribution is -0.159. The third-order valence-electron chi connectivity index (χ3n) is 2.30. The molecule has 22 heavy (non-hydrogen) atoms. The molecule has 1 heterocycles. The maximum absolute atomic E-state index is 12.3. The van der Waals surface area contributed by atoms with Crippen LogP contribution in [0.15, 0.2) is 28.8 Å². The van der Waals surface area contributed by atoms with Crippen molar-refractivity contribution in [3.8, 4) is 0 Å². The first kappa shape index (κ1) is 17.6. The summed E-state index contributed by atoms with van der Waals surface area (Å²) in [6, 6.07) is -0.483. The fraction of sp³-hybridized carbons (Fsp3) is 0.333. The molecule has 120 valence electrons. The van der Waals surface area contributed by atoms with Crippen LogP contribution in [-0.4, -0.2) is 39.5 Å². The zero-order valence-corrected chi connectivity index (χ0v) is 11.4. The molecule has 0 spiro atoms. The van der Waals surface area contributed by atoms with E-state index in [1.54, 1.807) is 6.92 Å². The molecule has 1 rings (SSSR count). The Balaban J connectivity index is 2.70. The van der Waals surface area contributed by atoms with E-state index in [1.807, 2.05) is 0 Å². The summed E-state index contributed by atoms with van der Waals surface area (Å²) in [7, 11) is 0. The number of hydrogen-bond acceptors (Lipinski definition) is 6. The predicted molar refractivity (Wildman–Crippen MR) is 69.1 cm³/mol. The number of hydrogen-bond donors (Lipinski definition) is 3. The monoisotopic (exact) mass is 318 g/mol. The van der Waals surface area contributed by atoms with Crippen LogP contribution in [0.3, 0.4) is 0 Å². The maximum Gasteiger partial charge on any atom is 0.471 e. The SMILES string of the molecule is C=C(/C=C\C(=N)c1noc(C(F)(F)F)n1)C(=O)NC(C)CO. The van der Waals surface area contributed by atoms with Gasteiger partial charge in [0, 0.05) is 11.6 Å². The number of carbonyl (C=O) groups excluding carboxylic acids is 1. The minimum absolute atomic E-state index is 0.0513. The Labute approximate surface area is 123 Å². The molecule has 1 aromatic rings. The minimum Gasteiger partial charge on any atom is -0.394 e. The molecule has 0 aliphatic rings. The van der Waals surface area contributed by atoms with Gasteiger partial charge in [-0.2, -0.15) is 18.2 Å². The van der Waals surface area contributed by atoms with Crippen LogP contribution in [0.4, 0.5) is 13.2 Å². The molecule has 1 amide bonds. The molecule has 10 heteroatoms. The second-order valence-electron chi connectivity index (χ2n) is 4.25. The van der Waals surface area contributed by atoms with Crippen LogP contribution in [0.2, 0.25) is 0 Å². The van der Waals surface area contributed by atoms with E-state index in [2.05, 4.69) is 26.6 Å². The summed E-state index contributed by atoms with van der Waals surface area (Å²) in [4.78, 5) is 14.6. The van der Waals surface area contributed by atoms with E-state index in [1.165, 1.54) is 0 Å². The lowest BCUT2D eigenvalue weighted by Gasteiger charge is -2.10. The molecule has 0 bridgehead atoms. The van der Waals surface area contributed by atoms with Gasteiger partial charge in [0.25, 0.3) is 5.91 Å². The highest BCUT2D eigenvalue weighted by molar-refractivity contribution is 6.05. The van der Waals surface area contributed by atoms with Gasteiger partial charge >= 0.3 is 12.1 Å². The quantitative estimate of drug-likeness (QED) is 0.412. The van der Waals surface area contributed by atoms with Gasteiger partial charge in [0.15, 0.2) is 0 Å². The number of rotatable bonds is 6. The van der Waals surface area contributed by atoms with Crippen molar-refractivity contribution < 1.29 is 27.6 Å². The van der Waals surface area contributed by atoms with Gasteiger partial charge in [0.1, 0.15) is 5.71 Å². The van der Waals surface area contributed by atoms with Crippen molar-refractivity contribution in [2.45, 2.75) is 19.1 Å². The molecule has 1 aromatic heterocycles. The fourth-order valence-electron chi connectivity index (χ4n) is 1.14. The van der Waals surface area contributed by atoms with Crippen LogP contribution in [0.1, 0.15) is 18.6 Å². The van der Waals surface area contributed by atoms with Crippen molar-refractivity contribution in [3.63, 3.8) is 0 Å². The van der Waals surface area contributed by atoms with Crippen LogP contribution in [0.25, 0.3) is 0 Å². The Morgan fingerprint density at radius 3 is 2.68 bits per heavy atom. The number of alkyl halides is 3. The molecular formula is C12H13F3N4O3. The van der Waals surface area contributed by atoms with Gasteiger partial charge in [-0.15, -0.1) is 0 Å². The van der Waals surface area contributed by atoms with Crippen LogP contribution in [0.5, 0.6) is 0 Å². The average molecular weight is 318 g/mol. The number of nitrogens with one attached hydrogen (secondary N) is 2. The number of nitrogens with zero attached hydrogens (tertiary/aromatic N) is 2. The van der Waals surface area contributed by atoms with E-state index in [0.717, 1.165) is 12.2 Å². The molecular weight excluding hydrogens is 305 g/mol. The van der Waals surface area contributed by atoms with Crippen LogP contribution in [0, 0.1) is 5.41 Å². The summed E-state index contributed by atoms with van der Waals surface area (Å²) in [6.45, 7) is 4.73. The third-order valence-corrected chi connectivity index (χ3v) is 2.30. The topological polar surface area (TPSA) is 112 Å². The van der Waals surface area contributed by atoms with Crippen LogP contribution < -0.4 is 5.32 Å². The summed E-state index contributed by atoms with van der Waals surface area (Å²) in [5.41, 5.74) is -0.534. The minimum atomic E-state index is -4.79. The van der Waals surface area contributed by atoms with Crippen molar-refractivity contribution in [1.82, 2.24) is 15.5 Å². The molecule has 3 N–H and O–H groups in total. The Morgan fingerprint density at radius 2 is 2.18 bits per heavy atom. The molecule has 1 unspecified atom stereocenters. The van der Waals surface area contributed by atoms with Gasteiger partial charge in [-0.25, -0.2) is 0 Å². The number of aromatic nitrogens is 2. The third kappa shape index (κ3) is 4.81. The first-order valence-corrected chi connectivity index (χ1v) is 5.93. The maximum atomic E-state index is 12.3. The molecule has 1 atom stereocenters. The average Bonchev–Trinajstić information content (AvgIpc) is 2.93. The summed E-state index contributed by atoms with van der Waals surface area (Å²) in [5, 5.41) is 21.7. The van der Waals surface area contributed by atoms with Gasteiger partial charge in [-0.05, 0) is 19.1 Å². The van der Waals surface area contributed by atoms with Crippen LogP contribution >= 0.6 is 0 Å². The lowest BCUT2D eigenvalue weighted by Crippen LogP contribution is -2.35. The molecule has 0 fully saturated rings. The highest BCUT2D eigenvalue weighted by atomic mass is 19.4. The number of carbonyl (C=O) groups is 1. The van der Waals surface area contributed by atoms with Crippen molar-refractivity contribution in [2.24, 2.45) is 0 Å². The van der Waals surface area contributed by atoms with Gasteiger partial charge in [-0.3, -0.25) is 10.2 Å². The van der Waals surface area contributed by atoms with Crippen molar-refractivity contribution in [3.05, 3.63) is 36.0 Å². The Bertz CT molecular complexity index is 607. The van der Waals surface area contributed by atoms with Gasteiger partial charge in [0.2, 0.25) is 5.82 Å². The Morgan fingerprint density at radius 1 is 1.55 bits per heavy atom. The van der Waals surface area contributed by atoms with E-state index in [9.17, 15) is 18.0 Å². The first-order valence-electron chi connectivity index (χ1n) is 5.93.